The van der Waals surface area contributed by atoms with Crippen LogP contribution in [-0.2, 0) is 11.2 Å². The summed E-state index contributed by atoms with van der Waals surface area (Å²) in [6.07, 6.45) is 1.49. The van der Waals surface area contributed by atoms with Crippen molar-refractivity contribution in [2.24, 2.45) is 0 Å². The van der Waals surface area contributed by atoms with Gasteiger partial charge in [0.2, 0.25) is 0 Å². The number of carbonyl (C=O) groups excluding carboxylic acids is 1. The van der Waals surface area contributed by atoms with Crippen molar-refractivity contribution < 1.29 is 4.79 Å². The molecule has 2 aliphatic rings. The summed E-state index contributed by atoms with van der Waals surface area (Å²) < 4.78 is 0. The van der Waals surface area contributed by atoms with Gasteiger partial charge < -0.3 is 4.90 Å². The first-order valence-corrected chi connectivity index (χ1v) is 9.87. The number of nitrogens with one attached hydrogen (secondary N) is 1. The summed E-state index contributed by atoms with van der Waals surface area (Å²) in [5.74, 6) is 0.0957. The second kappa shape index (κ2) is 6.88. The van der Waals surface area contributed by atoms with Crippen molar-refractivity contribution in [1.82, 2.24) is 5.01 Å². The molecule has 0 spiro atoms. The normalized spacial score (nSPS) is 20.7. The number of rotatable bonds is 3. The average molecular weight is 390 g/mol. The molecule has 140 valence electrons. The predicted octanol–water partition coefficient (Wildman–Crippen LogP) is 5.03. The number of benzene rings is 3. The third-order valence-electron chi connectivity index (χ3n) is 5.51. The smallest absolute Gasteiger partial charge is 0.265 e. The zero-order chi connectivity index (χ0) is 19.1. The van der Waals surface area contributed by atoms with Gasteiger partial charge in [0.15, 0.2) is 6.17 Å². The molecule has 3 aromatic carbocycles. The van der Waals surface area contributed by atoms with Crippen molar-refractivity contribution >= 4 is 28.9 Å². The highest BCUT2D eigenvalue weighted by Crippen LogP contribution is 2.44. The molecule has 2 atom stereocenters. The molecule has 28 heavy (non-hydrogen) atoms. The molecule has 2 heterocycles. The molecule has 2 aliphatic heterocycles. The van der Waals surface area contributed by atoms with E-state index in [0.29, 0.717) is 5.02 Å². The van der Waals surface area contributed by atoms with Crippen LogP contribution in [0.15, 0.2) is 78.9 Å². The fourth-order valence-corrected chi connectivity index (χ4v) is 4.36. The van der Waals surface area contributed by atoms with E-state index in [9.17, 15) is 4.79 Å². The number of aryl methyl sites for hydroxylation is 1. The highest BCUT2D eigenvalue weighted by atomic mass is 35.5. The van der Waals surface area contributed by atoms with Crippen LogP contribution < -0.4 is 10.3 Å². The fraction of sp³-hybridized carbons (Fsp3) is 0.174. The minimum atomic E-state index is -0.239. The molecule has 5 heteroatoms. The van der Waals surface area contributed by atoms with E-state index in [4.69, 9.17) is 11.6 Å². The van der Waals surface area contributed by atoms with Gasteiger partial charge in [-0.3, -0.25) is 10.2 Å². The summed E-state index contributed by atoms with van der Waals surface area (Å²) >= 11 is 6.12. The molecule has 0 bridgehead atoms. The molecular formula is C23H20ClN3O. The first-order chi connectivity index (χ1) is 13.7. The third-order valence-corrected chi connectivity index (χ3v) is 5.77. The maximum Gasteiger partial charge on any atom is 0.265 e. The lowest BCUT2D eigenvalue weighted by Gasteiger charge is -2.37. The Kier molecular flexibility index (Phi) is 4.21. The lowest BCUT2D eigenvalue weighted by atomic mass is 9.96. The molecular weight excluding hydrogens is 370 g/mol. The number of fused-ring (bicyclic) bond motifs is 3. The lowest BCUT2D eigenvalue weighted by molar-refractivity contribution is -0.128. The zero-order valence-corrected chi connectivity index (χ0v) is 16.0. The Morgan fingerprint density at radius 3 is 2.39 bits per heavy atom. The van der Waals surface area contributed by atoms with Crippen LogP contribution in [0.3, 0.4) is 0 Å². The van der Waals surface area contributed by atoms with Gasteiger partial charge in [0, 0.05) is 10.7 Å². The van der Waals surface area contributed by atoms with E-state index >= 15 is 0 Å². The number of amides is 1. The van der Waals surface area contributed by atoms with Gasteiger partial charge >= 0.3 is 0 Å². The number of anilines is 2. The van der Waals surface area contributed by atoms with E-state index < -0.39 is 0 Å². The predicted molar refractivity (Wildman–Crippen MR) is 112 cm³/mol. The molecule has 1 fully saturated rings. The molecule has 1 amide bonds. The molecule has 0 saturated carbocycles. The quantitative estimate of drug-likeness (QED) is 0.682. The van der Waals surface area contributed by atoms with Crippen LogP contribution in [0.25, 0.3) is 0 Å². The van der Waals surface area contributed by atoms with Gasteiger partial charge in [-0.05, 0) is 54.3 Å². The number of hydrogen-bond acceptors (Lipinski definition) is 3. The molecule has 0 aromatic heterocycles. The van der Waals surface area contributed by atoms with Gasteiger partial charge in [0.25, 0.3) is 5.91 Å². The lowest BCUT2D eigenvalue weighted by Crippen LogP contribution is -2.38. The fourth-order valence-electron chi connectivity index (χ4n) is 4.24. The molecule has 1 unspecified atom stereocenters. The molecule has 3 aromatic rings. The van der Waals surface area contributed by atoms with Crippen molar-refractivity contribution in [3.63, 3.8) is 0 Å². The number of nitrogens with zero attached hydrogens (tertiary/aromatic N) is 2. The number of para-hydroxylation sites is 2. The first kappa shape index (κ1) is 17.1. The maximum absolute atomic E-state index is 13.4. The van der Waals surface area contributed by atoms with E-state index in [0.717, 1.165) is 29.8 Å². The van der Waals surface area contributed by atoms with Gasteiger partial charge in [0.05, 0.1) is 5.69 Å². The van der Waals surface area contributed by atoms with Crippen molar-refractivity contribution in [1.29, 1.82) is 0 Å². The van der Waals surface area contributed by atoms with E-state index in [1.807, 2.05) is 60.7 Å². The Morgan fingerprint density at radius 1 is 0.893 bits per heavy atom. The van der Waals surface area contributed by atoms with Crippen LogP contribution in [-0.4, -0.2) is 17.0 Å². The van der Waals surface area contributed by atoms with Crippen LogP contribution in [0.4, 0.5) is 11.4 Å². The van der Waals surface area contributed by atoms with Gasteiger partial charge in [-0.25, -0.2) is 5.01 Å². The average Bonchev–Trinajstić information content (AvgIpc) is 3.02. The molecule has 5 rings (SSSR count). The Morgan fingerprint density at radius 2 is 1.61 bits per heavy atom. The molecule has 0 radical (unpaired) electrons. The van der Waals surface area contributed by atoms with Gasteiger partial charge in [-0.2, -0.15) is 0 Å². The van der Waals surface area contributed by atoms with Gasteiger partial charge in [0.1, 0.15) is 6.04 Å². The Balaban J connectivity index is 1.62. The van der Waals surface area contributed by atoms with Crippen molar-refractivity contribution in [3.05, 3.63) is 95.0 Å². The van der Waals surface area contributed by atoms with E-state index in [1.54, 1.807) is 5.01 Å². The SMILES string of the molecule is O=C1[C@@H]2CCc3ccccc3N2C(c2ccc(Cl)cc2)N1Nc1ccccc1. The number of hydrogen-bond donors (Lipinski definition) is 1. The molecule has 1 saturated heterocycles. The second-order valence-corrected chi connectivity index (χ2v) is 7.64. The summed E-state index contributed by atoms with van der Waals surface area (Å²) in [4.78, 5) is 15.7. The third kappa shape index (κ3) is 2.81. The summed E-state index contributed by atoms with van der Waals surface area (Å²) in [7, 11) is 0. The Labute approximate surface area is 169 Å². The van der Waals surface area contributed by atoms with Crippen molar-refractivity contribution in [3.8, 4) is 0 Å². The molecule has 0 aliphatic carbocycles. The van der Waals surface area contributed by atoms with Crippen LogP contribution in [0.1, 0.15) is 23.7 Å². The van der Waals surface area contributed by atoms with Crippen LogP contribution in [0, 0.1) is 0 Å². The maximum atomic E-state index is 13.4. The van der Waals surface area contributed by atoms with Crippen LogP contribution in [0.2, 0.25) is 5.02 Å². The van der Waals surface area contributed by atoms with E-state index in [2.05, 4.69) is 28.5 Å². The molecule has 4 nitrogen and oxygen atoms in total. The summed E-state index contributed by atoms with van der Waals surface area (Å²) in [6.45, 7) is 0. The zero-order valence-electron chi connectivity index (χ0n) is 15.3. The van der Waals surface area contributed by atoms with E-state index in [-0.39, 0.29) is 18.1 Å². The number of halogens is 1. The standard InChI is InChI=1S/C23H20ClN3O/c24-18-13-10-17(11-14-18)22-26-20-9-5-4-6-16(20)12-15-21(26)23(28)27(22)25-19-7-2-1-3-8-19/h1-11,13-14,21-22,25H,12,15H2/t21-,22?/m0/s1. The summed E-state index contributed by atoms with van der Waals surface area (Å²) in [6, 6.07) is 25.8. The second-order valence-electron chi connectivity index (χ2n) is 7.20. The highest BCUT2D eigenvalue weighted by Gasteiger charge is 2.49. The van der Waals surface area contributed by atoms with E-state index in [1.165, 1.54) is 5.56 Å². The minimum Gasteiger partial charge on any atom is -0.333 e. The van der Waals surface area contributed by atoms with Gasteiger partial charge in [-0.15, -0.1) is 0 Å². The largest absolute Gasteiger partial charge is 0.333 e. The number of hydrazine groups is 1. The first-order valence-electron chi connectivity index (χ1n) is 9.49. The highest BCUT2D eigenvalue weighted by molar-refractivity contribution is 6.30. The van der Waals surface area contributed by atoms with Crippen LogP contribution in [0.5, 0.6) is 0 Å². The van der Waals surface area contributed by atoms with Crippen molar-refractivity contribution in [2.75, 3.05) is 10.3 Å². The summed E-state index contributed by atoms with van der Waals surface area (Å²) in [5, 5.41) is 2.46. The monoisotopic (exact) mass is 389 g/mol. The van der Waals surface area contributed by atoms with Crippen LogP contribution >= 0.6 is 11.6 Å². The van der Waals surface area contributed by atoms with Gasteiger partial charge in [-0.1, -0.05) is 60.1 Å². The Hall–Kier alpha value is -2.98. The minimum absolute atomic E-state index is 0.0957. The molecule has 1 N–H and O–H groups in total. The Bertz CT molecular complexity index is 1010. The summed E-state index contributed by atoms with van der Waals surface area (Å²) in [5.41, 5.74) is 7.68. The van der Waals surface area contributed by atoms with Crippen molar-refractivity contribution in [2.45, 2.75) is 25.0 Å². The number of carbonyl (C=O) groups is 1. The topological polar surface area (TPSA) is 35.6 Å².